The van der Waals surface area contributed by atoms with Gasteiger partial charge in [-0.1, -0.05) is 6.92 Å². The number of hydrogen-bond donors (Lipinski definition) is 3. The number of ether oxygens (including phenoxy) is 1. The molecule has 0 unspecified atom stereocenters. The Hall–Kier alpha value is -4.06. The van der Waals surface area contributed by atoms with Gasteiger partial charge in [0.25, 0.3) is 5.56 Å². The number of nitrogen functional groups attached to an aromatic ring is 1. The van der Waals surface area contributed by atoms with Crippen LogP contribution in [0.2, 0.25) is 0 Å². The van der Waals surface area contributed by atoms with E-state index in [1.165, 1.54) is 0 Å². The van der Waals surface area contributed by atoms with Crippen molar-refractivity contribution in [3.05, 3.63) is 64.0 Å². The largest absolute Gasteiger partial charge is 0.460 e. The first kappa shape index (κ1) is 24.3. The summed E-state index contributed by atoms with van der Waals surface area (Å²) in [6.07, 6.45) is 9.51. The van der Waals surface area contributed by atoms with Crippen LogP contribution in [0.3, 0.4) is 0 Å². The minimum absolute atomic E-state index is 0.000934. The number of nitrogens with one attached hydrogen (secondary N) is 2. The number of amides is 1. The Morgan fingerprint density at radius 2 is 2.00 bits per heavy atom. The van der Waals surface area contributed by atoms with Crippen LogP contribution in [0.4, 0.5) is 11.5 Å². The average molecular weight is 533 g/mol. The van der Waals surface area contributed by atoms with Crippen LogP contribution in [0, 0.1) is 0 Å². The standard InChI is InChI=1S/C26H28N8O3S/c1-14-7-20(24(35)32-12-18-8-15-11-30-22(27)10-21(15)38-18)34-23(14)31-13-19(25(34)36)33-16-3-4-17(9-16)37-26-28-5-2-6-29-26/h2,5-6,8,10-11,13-14,16-17,20,33H,3-4,7,9,12H2,1H3,(H2,27,30)(H,32,35)/t14-,16-,17-,20+/m1/s1. The summed E-state index contributed by atoms with van der Waals surface area (Å²) in [7, 11) is 0. The monoisotopic (exact) mass is 532 g/mol. The number of carbonyl (C=O) groups excluding carboxylic acids is 1. The molecule has 0 bridgehead atoms. The Morgan fingerprint density at radius 3 is 2.84 bits per heavy atom. The fourth-order valence-corrected chi connectivity index (χ4v) is 6.31. The van der Waals surface area contributed by atoms with Crippen molar-refractivity contribution in [3.8, 4) is 6.01 Å². The zero-order chi connectivity index (χ0) is 26.2. The Balaban J connectivity index is 1.13. The summed E-state index contributed by atoms with van der Waals surface area (Å²) in [5, 5.41) is 7.34. The lowest BCUT2D eigenvalue weighted by Gasteiger charge is -2.18. The van der Waals surface area contributed by atoms with Gasteiger partial charge in [0, 0.05) is 51.9 Å². The topological polar surface area (TPSA) is 150 Å². The zero-order valence-electron chi connectivity index (χ0n) is 20.8. The molecule has 0 aromatic carbocycles. The second-order valence-electron chi connectivity index (χ2n) is 9.86. The van der Waals surface area contributed by atoms with Crippen molar-refractivity contribution in [2.75, 3.05) is 11.1 Å². The molecule has 196 valence electrons. The van der Waals surface area contributed by atoms with Crippen LogP contribution >= 0.6 is 11.3 Å². The predicted octanol–water partition coefficient (Wildman–Crippen LogP) is 3.00. The fourth-order valence-electron chi connectivity index (χ4n) is 5.29. The molecule has 1 saturated carbocycles. The minimum Gasteiger partial charge on any atom is -0.460 e. The van der Waals surface area contributed by atoms with Gasteiger partial charge in [-0.2, -0.15) is 0 Å². The molecule has 0 saturated heterocycles. The number of hydrogen-bond acceptors (Lipinski definition) is 10. The molecule has 0 radical (unpaired) electrons. The summed E-state index contributed by atoms with van der Waals surface area (Å²) in [5.74, 6) is 0.913. The highest BCUT2D eigenvalue weighted by Gasteiger charge is 2.36. The molecule has 4 N–H and O–H groups in total. The van der Waals surface area contributed by atoms with Crippen LogP contribution in [-0.2, 0) is 11.3 Å². The highest BCUT2D eigenvalue weighted by molar-refractivity contribution is 7.19. The summed E-state index contributed by atoms with van der Waals surface area (Å²) in [5.41, 5.74) is 5.96. The number of fused-ring (bicyclic) bond motifs is 2. The van der Waals surface area contributed by atoms with Gasteiger partial charge < -0.3 is 21.1 Å². The number of nitrogens with two attached hydrogens (primary N) is 1. The Bertz CT molecular complexity index is 1540. The predicted molar refractivity (Wildman–Crippen MR) is 144 cm³/mol. The number of anilines is 2. The van der Waals surface area contributed by atoms with Crippen molar-refractivity contribution in [2.24, 2.45) is 0 Å². The third kappa shape index (κ3) is 4.78. The van der Waals surface area contributed by atoms with E-state index in [2.05, 4.69) is 30.6 Å². The third-order valence-electron chi connectivity index (χ3n) is 7.12. The molecule has 5 heterocycles. The van der Waals surface area contributed by atoms with E-state index in [0.717, 1.165) is 34.2 Å². The minimum atomic E-state index is -0.608. The molecule has 1 aliphatic heterocycles. The smallest absolute Gasteiger partial charge is 0.316 e. The van der Waals surface area contributed by atoms with E-state index in [0.29, 0.717) is 36.3 Å². The molecule has 11 nitrogen and oxygen atoms in total. The molecular weight excluding hydrogens is 504 g/mol. The van der Waals surface area contributed by atoms with Crippen LogP contribution in [0.5, 0.6) is 6.01 Å². The summed E-state index contributed by atoms with van der Waals surface area (Å²) in [6, 6.07) is 5.37. The van der Waals surface area contributed by atoms with E-state index >= 15 is 0 Å². The number of carbonyl (C=O) groups is 1. The van der Waals surface area contributed by atoms with E-state index < -0.39 is 6.04 Å². The Kier molecular flexibility index (Phi) is 6.40. The third-order valence-corrected chi connectivity index (χ3v) is 8.22. The highest BCUT2D eigenvalue weighted by atomic mass is 32.1. The van der Waals surface area contributed by atoms with Gasteiger partial charge in [0.1, 0.15) is 29.5 Å². The summed E-state index contributed by atoms with van der Waals surface area (Å²) >= 11 is 1.56. The molecule has 0 spiro atoms. The number of nitrogens with zero attached hydrogens (tertiary/aromatic N) is 5. The molecular formula is C26H28N8O3S. The van der Waals surface area contributed by atoms with Gasteiger partial charge in [-0.3, -0.25) is 14.2 Å². The van der Waals surface area contributed by atoms with Crippen LogP contribution in [0.15, 0.2) is 47.8 Å². The van der Waals surface area contributed by atoms with Gasteiger partial charge in [-0.05, 0) is 37.5 Å². The first-order valence-electron chi connectivity index (χ1n) is 12.7. The molecule has 4 aromatic rings. The average Bonchev–Trinajstić information content (AvgIpc) is 3.62. The van der Waals surface area contributed by atoms with Crippen molar-refractivity contribution < 1.29 is 9.53 Å². The SMILES string of the molecule is C[C@@H]1C[C@@H](C(=O)NCc2cc3cnc(N)cc3s2)n2c1ncc(N[C@@H]1CC[C@@H](Oc3ncccn3)C1)c2=O. The molecule has 12 heteroatoms. The zero-order valence-corrected chi connectivity index (χ0v) is 21.6. The molecule has 4 aromatic heterocycles. The molecule has 1 aliphatic carbocycles. The summed E-state index contributed by atoms with van der Waals surface area (Å²) < 4.78 is 8.45. The van der Waals surface area contributed by atoms with Crippen molar-refractivity contribution in [3.63, 3.8) is 0 Å². The summed E-state index contributed by atoms with van der Waals surface area (Å²) in [4.78, 5) is 44.7. The van der Waals surface area contributed by atoms with Crippen LogP contribution in [-0.4, -0.2) is 42.6 Å². The summed E-state index contributed by atoms with van der Waals surface area (Å²) in [6.45, 7) is 2.36. The Morgan fingerprint density at radius 1 is 1.16 bits per heavy atom. The lowest BCUT2D eigenvalue weighted by Crippen LogP contribution is -2.37. The van der Waals surface area contributed by atoms with E-state index in [4.69, 9.17) is 10.5 Å². The van der Waals surface area contributed by atoms with Crippen LogP contribution in [0.25, 0.3) is 10.1 Å². The van der Waals surface area contributed by atoms with Gasteiger partial charge >= 0.3 is 6.01 Å². The van der Waals surface area contributed by atoms with Crippen molar-refractivity contribution in [2.45, 2.75) is 63.3 Å². The van der Waals surface area contributed by atoms with Gasteiger partial charge in [0.15, 0.2) is 0 Å². The van der Waals surface area contributed by atoms with E-state index in [9.17, 15) is 9.59 Å². The first-order chi connectivity index (χ1) is 18.4. The molecule has 6 rings (SSSR count). The maximum absolute atomic E-state index is 13.5. The molecule has 1 amide bonds. The lowest BCUT2D eigenvalue weighted by molar-refractivity contribution is -0.124. The fraction of sp³-hybridized carbons (Fsp3) is 0.385. The highest BCUT2D eigenvalue weighted by Crippen LogP contribution is 2.34. The van der Waals surface area contributed by atoms with Gasteiger partial charge in [-0.15, -0.1) is 11.3 Å². The van der Waals surface area contributed by atoms with Crippen molar-refractivity contribution in [1.82, 2.24) is 29.8 Å². The molecule has 2 aliphatic rings. The number of pyridine rings is 1. The molecule has 1 fully saturated rings. The van der Waals surface area contributed by atoms with Gasteiger partial charge in [0.05, 0.1) is 12.7 Å². The van der Waals surface area contributed by atoms with Gasteiger partial charge in [0.2, 0.25) is 5.91 Å². The first-order valence-corrected chi connectivity index (χ1v) is 13.5. The quantitative estimate of drug-likeness (QED) is 0.326. The van der Waals surface area contributed by atoms with Crippen LogP contribution < -0.4 is 26.7 Å². The van der Waals surface area contributed by atoms with E-state index in [-0.39, 0.29) is 29.5 Å². The van der Waals surface area contributed by atoms with Crippen molar-refractivity contribution in [1.29, 1.82) is 0 Å². The van der Waals surface area contributed by atoms with E-state index in [1.54, 1.807) is 46.8 Å². The van der Waals surface area contributed by atoms with Crippen LogP contribution in [0.1, 0.15) is 55.3 Å². The normalized spacial score (nSPS) is 22.3. The Labute approximate surface area is 222 Å². The molecule has 4 atom stereocenters. The maximum Gasteiger partial charge on any atom is 0.316 e. The van der Waals surface area contributed by atoms with E-state index in [1.807, 2.05) is 19.1 Å². The number of thiophene rings is 1. The maximum atomic E-state index is 13.5. The van der Waals surface area contributed by atoms with Crippen molar-refractivity contribution >= 4 is 38.8 Å². The number of aromatic nitrogens is 5. The second-order valence-corrected chi connectivity index (χ2v) is 11.0. The second kappa shape index (κ2) is 10.0. The molecule has 38 heavy (non-hydrogen) atoms. The number of rotatable bonds is 7. The lowest BCUT2D eigenvalue weighted by atomic mass is 10.1. The van der Waals surface area contributed by atoms with Gasteiger partial charge in [-0.25, -0.2) is 19.9 Å².